The van der Waals surface area contributed by atoms with E-state index in [1.807, 2.05) is 0 Å². The summed E-state index contributed by atoms with van der Waals surface area (Å²) >= 11 is 3.06. The molecule has 0 fully saturated rings. The molecule has 7 heteroatoms. The zero-order valence-corrected chi connectivity index (χ0v) is 13.2. The first kappa shape index (κ1) is 16.6. The van der Waals surface area contributed by atoms with E-state index < -0.39 is 26.3 Å². The molecule has 1 aromatic carbocycles. The fraction of sp³-hybridized carbons (Fsp3) is 0.500. The maximum atomic E-state index is 13.6. The van der Waals surface area contributed by atoms with Crippen LogP contribution in [0, 0.1) is 5.82 Å². The Morgan fingerprint density at radius 3 is 2.42 bits per heavy atom. The van der Waals surface area contributed by atoms with Gasteiger partial charge in [0.25, 0.3) is 0 Å². The van der Waals surface area contributed by atoms with Crippen molar-refractivity contribution >= 4 is 26.0 Å². The predicted octanol–water partition coefficient (Wildman–Crippen LogP) is 2.42. The summed E-state index contributed by atoms with van der Waals surface area (Å²) in [7, 11) is -3.97. The zero-order valence-electron chi connectivity index (χ0n) is 10.8. The third-order valence-corrected chi connectivity index (χ3v) is 5.02. The van der Waals surface area contributed by atoms with E-state index in [0.717, 1.165) is 6.07 Å². The third-order valence-electron chi connectivity index (χ3n) is 3.09. The van der Waals surface area contributed by atoms with E-state index in [-0.39, 0.29) is 6.54 Å². The van der Waals surface area contributed by atoms with E-state index in [0.29, 0.717) is 17.3 Å². The Kier molecular flexibility index (Phi) is 5.49. The van der Waals surface area contributed by atoms with Crippen LogP contribution in [0.1, 0.15) is 26.7 Å². The van der Waals surface area contributed by atoms with Gasteiger partial charge in [0.05, 0.1) is 5.60 Å². The highest BCUT2D eigenvalue weighted by Crippen LogP contribution is 2.20. The maximum absolute atomic E-state index is 13.6. The summed E-state index contributed by atoms with van der Waals surface area (Å²) in [6.07, 6.45) is 0.823. The molecule has 0 aliphatic carbocycles. The molecule has 108 valence electrons. The second-order valence-electron chi connectivity index (χ2n) is 4.33. The zero-order chi connectivity index (χ0) is 14.7. The van der Waals surface area contributed by atoms with Gasteiger partial charge < -0.3 is 5.11 Å². The van der Waals surface area contributed by atoms with Gasteiger partial charge in [0, 0.05) is 11.0 Å². The Hall–Kier alpha value is -0.500. The molecule has 0 bridgehead atoms. The van der Waals surface area contributed by atoms with Crippen LogP contribution in [0.5, 0.6) is 0 Å². The summed E-state index contributed by atoms with van der Waals surface area (Å²) in [4.78, 5) is -0.426. The molecular weight excluding hydrogens is 337 g/mol. The van der Waals surface area contributed by atoms with Crippen LogP contribution in [0.2, 0.25) is 0 Å². The number of hydrogen-bond donors (Lipinski definition) is 2. The lowest BCUT2D eigenvalue weighted by atomic mass is 9.98. The molecule has 0 aromatic heterocycles. The van der Waals surface area contributed by atoms with Gasteiger partial charge >= 0.3 is 0 Å². The highest BCUT2D eigenvalue weighted by molar-refractivity contribution is 9.10. The SMILES string of the molecule is CCC(O)(CC)CNS(=O)(=O)c1ccc(Br)cc1F. The molecular formula is C12H17BrFNO3S. The van der Waals surface area contributed by atoms with Crippen molar-refractivity contribution in [2.45, 2.75) is 37.2 Å². The first-order valence-electron chi connectivity index (χ1n) is 5.91. The molecule has 0 saturated carbocycles. The molecule has 2 N–H and O–H groups in total. The Bertz CT molecular complexity index is 544. The van der Waals surface area contributed by atoms with Gasteiger partial charge in [-0.05, 0) is 31.0 Å². The molecule has 0 aliphatic rings. The second-order valence-corrected chi connectivity index (χ2v) is 6.98. The van der Waals surface area contributed by atoms with E-state index in [9.17, 15) is 17.9 Å². The van der Waals surface area contributed by atoms with E-state index in [1.165, 1.54) is 12.1 Å². The third kappa shape index (κ3) is 4.24. The van der Waals surface area contributed by atoms with Crippen molar-refractivity contribution in [3.05, 3.63) is 28.5 Å². The summed E-state index contributed by atoms with van der Waals surface area (Å²) < 4.78 is 40.3. The number of benzene rings is 1. The quantitative estimate of drug-likeness (QED) is 0.825. The van der Waals surface area contributed by atoms with Crippen LogP contribution in [0.15, 0.2) is 27.6 Å². The van der Waals surface area contributed by atoms with Gasteiger partial charge in [-0.15, -0.1) is 0 Å². The van der Waals surface area contributed by atoms with Crippen molar-refractivity contribution in [2.24, 2.45) is 0 Å². The summed E-state index contributed by atoms with van der Waals surface area (Å²) in [5.74, 6) is -0.835. The van der Waals surface area contributed by atoms with Crippen LogP contribution in [0.25, 0.3) is 0 Å². The molecule has 1 aromatic rings. The number of aliphatic hydroxyl groups is 1. The molecule has 19 heavy (non-hydrogen) atoms. The summed E-state index contributed by atoms with van der Waals surface area (Å²) in [6, 6.07) is 3.71. The van der Waals surface area contributed by atoms with Crippen LogP contribution in [0.4, 0.5) is 4.39 Å². The Morgan fingerprint density at radius 1 is 1.37 bits per heavy atom. The monoisotopic (exact) mass is 353 g/mol. The molecule has 0 aliphatic heterocycles. The normalized spacial score (nSPS) is 12.7. The summed E-state index contributed by atoms with van der Waals surface area (Å²) in [6.45, 7) is 3.38. The van der Waals surface area contributed by atoms with Gasteiger partial charge in [0.1, 0.15) is 10.7 Å². The van der Waals surface area contributed by atoms with Crippen molar-refractivity contribution in [3.63, 3.8) is 0 Å². The molecule has 0 radical (unpaired) electrons. The fourth-order valence-corrected chi connectivity index (χ4v) is 3.01. The Morgan fingerprint density at radius 2 is 1.95 bits per heavy atom. The van der Waals surface area contributed by atoms with E-state index >= 15 is 0 Å². The van der Waals surface area contributed by atoms with Crippen LogP contribution in [0.3, 0.4) is 0 Å². The smallest absolute Gasteiger partial charge is 0.243 e. The highest BCUT2D eigenvalue weighted by Gasteiger charge is 2.26. The van der Waals surface area contributed by atoms with Crippen LogP contribution in [-0.4, -0.2) is 25.7 Å². The molecule has 0 atom stereocenters. The average molecular weight is 354 g/mol. The molecule has 1 rings (SSSR count). The standard InChI is InChI=1S/C12H17BrFNO3S/c1-3-12(16,4-2)8-15-19(17,18)11-6-5-9(13)7-10(11)14/h5-7,15-16H,3-4,8H2,1-2H3. The lowest BCUT2D eigenvalue weighted by Gasteiger charge is -2.25. The molecule has 0 spiro atoms. The predicted molar refractivity (Wildman–Crippen MR) is 74.8 cm³/mol. The van der Waals surface area contributed by atoms with E-state index in [1.54, 1.807) is 13.8 Å². The number of sulfonamides is 1. The van der Waals surface area contributed by atoms with Gasteiger partial charge in [-0.25, -0.2) is 17.5 Å². The van der Waals surface area contributed by atoms with Crippen molar-refractivity contribution in [3.8, 4) is 0 Å². The minimum Gasteiger partial charge on any atom is -0.389 e. The summed E-state index contributed by atoms with van der Waals surface area (Å²) in [5, 5.41) is 10.0. The molecule has 4 nitrogen and oxygen atoms in total. The van der Waals surface area contributed by atoms with E-state index in [2.05, 4.69) is 20.7 Å². The Labute approximate surface area is 121 Å². The van der Waals surface area contributed by atoms with Crippen LogP contribution < -0.4 is 4.72 Å². The Balaban J connectivity index is 2.93. The fourth-order valence-electron chi connectivity index (χ4n) is 1.50. The van der Waals surface area contributed by atoms with Crippen molar-refractivity contribution in [1.82, 2.24) is 4.72 Å². The number of halogens is 2. The van der Waals surface area contributed by atoms with Crippen LogP contribution in [-0.2, 0) is 10.0 Å². The van der Waals surface area contributed by atoms with Gasteiger partial charge in [-0.3, -0.25) is 0 Å². The molecule has 0 saturated heterocycles. The minimum absolute atomic E-state index is 0.141. The lowest BCUT2D eigenvalue weighted by Crippen LogP contribution is -2.42. The van der Waals surface area contributed by atoms with Crippen molar-refractivity contribution in [2.75, 3.05) is 6.54 Å². The number of hydrogen-bond acceptors (Lipinski definition) is 3. The average Bonchev–Trinajstić information content (AvgIpc) is 2.35. The molecule has 0 unspecified atom stereocenters. The van der Waals surface area contributed by atoms with Gasteiger partial charge in [0.15, 0.2) is 0 Å². The topological polar surface area (TPSA) is 66.4 Å². The highest BCUT2D eigenvalue weighted by atomic mass is 79.9. The van der Waals surface area contributed by atoms with Gasteiger partial charge in [-0.1, -0.05) is 29.8 Å². The van der Waals surface area contributed by atoms with E-state index in [4.69, 9.17) is 0 Å². The molecule has 0 heterocycles. The lowest BCUT2D eigenvalue weighted by molar-refractivity contribution is 0.0377. The molecule has 0 amide bonds. The number of nitrogens with one attached hydrogen (secondary N) is 1. The first-order valence-corrected chi connectivity index (χ1v) is 8.19. The van der Waals surface area contributed by atoms with Gasteiger partial charge in [0.2, 0.25) is 10.0 Å². The number of rotatable bonds is 6. The second kappa shape index (κ2) is 6.30. The summed E-state index contributed by atoms with van der Waals surface area (Å²) in [5.41, 5.74) is -1.11. The van der Waals surface area contributed by atoms with Crippen molar-refractivity contribution < 1.29 is 17.9 Å². The largest absolute Gasteiger partial charge is 0.389 e. The van der Waals surface area contributed by atoms with Crippen molar-refractivity contribution in [1.29, 1.82) is 0 Å². The van der Waals surface area contributed by atoms with Crippen LogP contribution >= 0.6 is 15.9 Å². The first-order chi connectivity index (χ1) is 8.74. The van der Waals surface area contributed by atoms with Gasteiger partial charge in [-0.2, -0.15) is 0 Å². The minimum atomic E-state index is -3.97. The maximum Gasteiger partial charge on any atom is 0.243 e.